The summed E-state index contributed by atoms with van der Waals surface area (Å²) in [5.74, 6) is -0.346. The van der Waals surface area contributed by atoms with Gasteiger partial charge in [-0.2, -0.15) is 13.2 Å². The molecule has 0 spiro atoms. The number of hydrogen-bond acceptors (Lipinski definition) is 1. The van der Waals surface area contributed by atoms with Crippen LogP contribution in [0.5, 0.6) is 0 Å². The molecule has 0 N–H and O–H groups in total. The first-order chi connectivity index (χ1) is 11.2. The summed E-state index contributed by atoms with van der Waals surface area (Å²) < 4.78 is 53.5. The van der Waals surface area contributed by atoms with Crippen molar-refractivity contribution in [2.24, 2.45) is 0 Å². The Bertz CT molecular complexity index is 987. The van der Waals surface area contributed by atoms with E-state index >= 15 is 0 Å². The van der Waals surface area contributed by atoms with Gasteiger partial charge in [0.25, 0.3) is 0 Å². The van der Waals surface area contributed by atoms with E-state index < -0.39 is 17.2 Å². The molecular weight excluding hydrogens is 318 g/mol. The average Bonchev–Trinajstić information content (AvgIpc) is 2.52. The molecule has 0 saturated carbocycles. The van der Waals surface area contributed by atoms with Gasteiger partial charge in [-0.25, -0.2) is 4.39 Å². The van der Waals surface area contributed by atoms with Gasteiger partial charge in [0, 0.05) is 22.6 Å². The highest BCUT2D eigenvalue weighted by Crippen LogP contribution is 2.49. The third-order valence-corrected chi connectivity index (χ3v) is 4.80. The summed E-state index contributed by atoms with van der Waals surface area (Å²) in [6.45, 7) is 3.69. The smallest absolute Gasteiger partial charge is 0.255 e. The third kappa shape index (κ3) is 1.90. The quantitative estimate of drug-likeness (QED) is 0.482. The van der Waals surface area contributed by atoms with E-state index in [-0.39, 0.29) is 5.82 Å². The fraction of sp³-hybridized carbons (Fsp3) is 0.211. The first kappa shape index (κ1) is 15.1. The van der Waals surface area contributed by atoms with Crippen LogP contribution >= 0.6 is 0 Å². The number of benzene rings is 2. The molecule has 1 aromatic heterocycles. The predicted octanol–water partition coefficient (Wildman–Crippen LogP) is 5.70. The molecule has 0 saturated heterocycles. The van der Waals surface area contributed by atoms with Gasteiger partial charge in [0.05, 0.1) is 11.3 Å². The molecule has 0 aliphatic heterocycles. The largest absolute Gasteiger partial charge is 0.417 e. The number of pyridine rings is 1. The van der Waals surface area contributed by atoms with E-state index in [1.54, 1.807) is 24.3 Å². The van der Waals surface area contributed by atoms with Crippen LogP contribution in [0.1, 0.15) is 30.5 Å². The lowest BCUT2D eigenvalue weighted by Gasteiger charge is -2.34. The topological polar surface area (TPSA) is 12.9 Å². The van der Waals surface area contributed by atoms with Gasteiger partial charge in [-0.3, -0.25) is 4.98 Å². The van der Waals surface area contributed by atoms with Crippen LogP contribution in [0.15, 0.2) is 42.6 Å². The standard InChI is InChI=1S/C19H13F4N/c1-18(2)13-6-7-15(20)11-4-3-5-12(16(11)13)17-14(18)8-10(9-24-17)19(21,22)23/h3-9H,1-2H3. The van der Waals surface area contributed by atoms with Gasteiger partial charge in [-0.05, 0) is 28.6 Å². The van der Waals surface area contributed by atoms with Gasteiger partial charge in [0.15, 0.2) is 0 Å². The highest BCUT2D eigenvalue weighted by molar-refractivity contribution is 6.02. The van der Waals surface area contributed by atoms with E-state index in [0.29, 0.717) is 22.2 Å². The summed E-state index contributed by atoms with van der Waals surface area (Å²) in [6.07, 6.45) is -3.61. The maximum Gasteiger partial charge on any atom is 0.417 e. The Morgan fingerprint density at radius 3 is 2.46 bits per heavy atom. The van der Waals surface area contributed by atoms with E-state index in [1.807, 2.05) is 13.8 Å². The summed E-state index contributed by atoms with van der Waals surface area (Å²) in [4.78, 5) is 4.09. The molecule has 1 aliphatic rings. The number of nitrogens with zero attached hydrogens (tertiary/aromatic N) is 1. The molecule has 122 valence electrons. The Balaban J connectivity index is 2.14. The van der Waals surface area contributed by atoms with E-state index in [4.69, 9.17) is 0 Å². The van der Waals surface area contributed by atoms with Crippen LogP contribution in [-0.4, -0.2) is 4.98 Å². The van der Waals surface area contributed by atoms with E-state index in [2.05, 4.69) is 4.98 Å². The highest BCUT2D eigenvalue weighted by atomic mass is 19.4. The molecule has 3 aromatic rings. The molecule has 0 atom stereocenters. The molecule has 1 nitrogen and oxygen atoms in total. The number of halogens is 4. The van der Waals surface area contributed by atoms with Gasteiger partial charge < -0.3 is 0 Å². The van der Waals surface area contributed by atoms with Crippen molar-refractivity contribution in [3.63, 3.8) is 0 Å². The summed E-state index contributed by atoms with van der Waals surface area (Å²) in [7, 11) is 0. The minimum atomic E-state index is -4.45. The Morgan fingerprint density at radius 2 is 1.75 bits per heavy atom. The summed E-state index contributed by atoms with van der Waals surface area (Å²) in [6, 6.07) is 9.35. The Kier molecular flexibility index (Phi) is 2.87. The van der Waals surface area contributed by atoms with Gasteiger partial charge in [0.2, 0.25) is 0 Å². The number of alkyl halides is 3. The third-order valence-electron chi connectivity index (χ3n) is 4.80. The second-order valence-electron chi connectivity index (χ2n) is 6.57. The monoisotopic (exact) mass is 331 g/mol. The Hall–Kier alpha value is -2.43. The molecule has 2 aromatic carbocycles. The van der Waals surface area contributed by atoms with Gasteiger partial charge in [0.1, 0.15) is 5.82 Å². The number of aromatic nitrogens is 1. The lowest BCUT2D eigenvalue weighted by atomic mass is 9.69. The minimum absolute atomic E-state index is 0.346. The Labute approximate surface area is 136 Å². The lowest BCUT2D eigenvalue weighted by molar-refractivity contribution is -0.137. The molecule has 1 aliphatic carbocycles. The molecule has 4 rings (SSSR count). The maximum atomic E-state index is 14.2. The zero-order chi connectivity index (χ0) is 17.3. The molecule has 0 bridgehead atoms. The van der Waals surface area contributed by atoms with Crippen molar-refractivity contribution in [1.82, 2.24) is 4.98 Å². The van der Waals surface area contributed by atoms with E-state index in [9.17, 15) is 17.6 Å². The molecule has 0 amide bonds. The molecule has 24 heavy (non-hydrogen) atoms. The Morgan fingerprint density at radius 1 is 1.00 bits per heavy atom. The predicted molar refractivity (Wildman–Crippen MR) is 84.3 cm³/mol. The fourth-order valence-corrected chi connectivity index (χ4v) is 3.55. The van der Waals surface area contributed by atoms with Crippen molar-refractivity contribution in [2.75, 3.05) is 0 Å². The van der Waals surface area contributed by atoms with Crippen molar-refractivity contribution in [2.45, 2.75) is 25.4 Å². The first-order valence-corrected chi connectivity index (χ1v) is 7.51. The maximum absolute atomic E-state index is 14.2. The molecule has 0 fully saturated rings. The molecule has 0 unspecified atom stereocenters. The van der Waals surface area contributed by atoms with Crippen molar-refractivity contribution in [3.05, 3.63) is 65.1 Å². The summed E-state index contributed by atoms with van der Waals surface area (Å²) in [5.41, 5.74) is 0.991. The van der Waals surface area contributed by atoms with Crippen molar-refractivity contribution in [3.8, 4) is 11.3 Å². The summed E-state index contributed by atoms with van der Waals surface area (Å²) >= 11 is 0. The molecule has 0 radical (unpaired) electrons. The lowest BCUT2D eigenvalue weighted by Crippen LogP contribution is -2.25. The normalized spacial score (nSPS) is 15.4. The number of fused-ring (bicyclic) bond motifs is 2. The number of hydrogen-bond donors (Lipinski definition) is 0. The SMILES string of the molecule is CC1(C)c2cc(C(F)(F)F)cnc2-c2cccc3c(F)ccc1c23. The summed E-state index contributed by atoms with van der Waals surface area (Å²) in [5, 5.41) is 1.19. The zero-order valence-corrected chi connectivity index (χ0v) is 13.0. The van der Waals surface area contributed by atoms with Crippen LogP contribution in [0.25, 0.3) is 22.0 Å². The minimum Gasteiger partial charge on any atom is -0.255 e. The van der Waals surface area contributed by atoms with Crippen LogP contribution in [0, 0.1) is 5.82 Å². The molecular formula is C19H13F4N. The fourth-order valence-electron chi connectivity index (χ4n) is 3.55. The van der Waals surface area contributed by atoms with Crippen molar-refractivity contribution >= 4 is 10.8 Å². The van der Waals surface area contributed by atoms with Crippen LogP contribution in [-0.2, 0) is 11.6 Å². The van der Waals surface area contributed by atoms with E-state index in [1.165, 1.54) is 6.07 Å². The average molecular weight is 331 g/mol. The van der Waals surface area contributed by atoms with Crippen LogP contribution < -0.4 is 0 Å². The first-order valence-electron chi connectivity index (χ1n) is 7.51. The number of rotatable bonds is 0. The molecule has 5 heteroatoms. The molecule has 1 heterocycles. The van der Waals surface area contributed by atoms with Crippen LogP contribution in [0.2, 0.25) is 0 Å². The van der Waals surface area contributed by atoms with Crippen molar-refractivity contribution in [1.29, 1.82) is 0 Å². The van der Waals surface area contributed by atoms with Gasteiger partial charge in [-0.1, -0.05) is 38.1 Å². The zero-order valence-electron chi connectivity index (χ0n) is 13.0. The second kappa shape index (κ2) is 4.56. The van der Waals surface area contributed by atoms with Crippen LogP contribution in [0.3, 0.4) is 0 Å². The second-order valence-corrected chi connectivity index (χ2v) is 6.57. The van der Waals surface area contributed by atoms with Crippen LogP contribution in [0.4, 0.5) is 17.6 Å². The highest BCUT2D eigenvalue weighted by Gasteiger charge is 2.38. The van der Waals surface area contributed by atoms with Gasteiger partial charge >= 0.3 is 6.18 Å². The van der Waals surface area contributed by atoms with Gasteiger partial charge in [-0.15, -0.1) is 0 Å². The van der Waals surface area contributed by atoms with E-state index in [0.717, 1.165) is 23.2 Å². The van der Waals surface area contributed by atoms with Crippen molar-refractivity contribution < 1.29 is 17.6 Å².